The minimum Gasteiger partial charge on any atom is -0.381 e. The summed E-state index contributed by atoms with van der Waals surface area (Å²) in [4.78, 5) is 3.94. The first-order valence-electron chi connectivity index (χ1n) is 7.36. The summed E-state index contributed by atoms with van der Waals surface area (Å²) in [6.45, 7) is 7.70. The zero-order valence-corrected chi connectivity index (χ0v) is 12.7. The van der Waals surface area contributed by atoms with E-state index in [1.54, 1.807) is 0 Å². The molecule has 0 aromatic heterocycles. The van der Waals surface area contributed by atoms with Gasteiger partial charge in [-0.25, -0.2) is 0 Å². The molecule has 0 spiro atoms. The molecule has 1 atom stereocenters. The van der Waals surface area contributed by atoms with Crippen LogP contribution in [0, 0.1) is 5.92 Å². The molecule has 1 aliphatic rings. The average Bonchev–Trinajstić information content (AvgIpc) is 2.48. The maximum Gasteiger partial charge on any atom is 0.0506 e. The molecule has 1 fully saturated rings. The second-order valence-corrected chi connectivity index (χ2v) is 6.31. The Morgan fingerprint density at radius 1 is 1.32 bits per heavy atom. The molecule has 0 aliphatic carbocycles. The molecule has 0 saturated carbocycles. The van der Waals surface area contributed by atoms with E-state index < -0.39 is 0 Å². The molecule has 1 heterocycles. The summed E-state index contributed by atoms with van der Waals surface area (Å²) in [6.07, 6.45) is 2.57. The Bertz CT molecular complexity index is 338. The van der Waals surface area contributed by atoms with E-state index in [0.717, 1.165) is 25.7 Å². The standard InChI is InChI=1S/C16H25NOS/c1-2-17(13-15-7-6-11-18-14-15)10-12-19-16-8-4-3-5-9-16/h3-5,8-9,15H,2,6-7,10-14H2,1H3. The summed E-state index contributed by atoms with van der Waals surface area (Å²) in [6, 6.07) is 10.7. The Morgan fingerprint density at radius 3 is 2.84 bits per heavy atom. The minimum absolute atomic E-state index is 0.746. The van der Waals surface area contributed by atoms with Gasteiger partial charge in [0.1, 0.15) is 0 Å². The van der Waals surface area contributed by atoms with Gasteiger partial charge in [0.2, 0.25) is 0 Å². The molecule has 3 heteroatoms. The predicted molar refractivity (Wildman–Crippen MR) is 82.8 cm³/mol. The number of benzene rings is 1. The molecule has 106 valence electrons. The Balaban J connectivity index is 1.67. The van der Waals surface area contributed by atoms with Crippen molar-refractivity contribution in [3.05, 3.63) is 30.3 Å². The molecule has 1 unspecified atom stereocenters. The first-order valence-corrected chi connectivity index (χ1v) is 8.35. The molecule has 1 saturated heterocycles. The van der Waals surface area contributed by atoms with E-state index in [0.29, 0.717) is 0 Å². The van der Waals surface area contributed by atoms with E-state index in [-0.39, 0.29) is 0 Å². The quantitative estimate of drug-likeness (QED) is 0.709. The largest absolute Gasteiger partial charge is 0.381 e. The molecule has 2 rings (SSSR count). The number of rotatable bonds is 7. The topological polar surface area (TPSA) is 12.5 Å². The van der Waals surface area contributed by atoms with Crippen LogP contribution in [0.4, 0.5) is 0 Å². The highest BCUT2D eigenvalue weighted by molar-refractivity contribution is 7.99. The fourth-order valence-corrected chi connectivity index (χ4v) is 3.44. The summed E-state index contributed by atoms with van der Waals surface area (Å²) in [5.74, 6) is 1.92. The number of nitrogens with zero attached hydrogens (tertiary/aromatic N) is 1. The third kappa shape index (κ3) is 5.55. The Labute approximate surface area is 121 Å². The summed E-state index contributed by atoms with van der Waals surface area (Å²) in [5, 5.41) is 0. The maximum atomic E-state index is 5.57. The predicted octanol–water partition coefficient (Wildman–Crippen LogP) is 3.53. The molecule has 1 aliphatic heterocycles. The lowest BCUT2D eigenvalue weighted by Gasteiger charge is -2.28. The van der Waals surface area contributed by atoms with E-state index in [9.17, 15) is 0 Å². The zero-order valence-electron chi connectivity index (χ0n) is 11.9. The van der Waals surface area contributed by atoms with Crippen molar-refractivity contribution in [2.24, 2.45) is 5.92 Å². The highest BCUT2D eigenvalue weighted by Crippen LogP contribution is 2.18. The second kappa shape index (κ2) is 8.62. The Hall–Kier alpha value is -0.510. The van der Waals surface area contributed by atoms with Gasteiger partial charge in [0.15, 0.2) is 0 Å². The monoisotopic (exact) mass is 279 g/mol. The number of ether oxygens (including phenoxy) is 1. The minimum atomic E-state index is 0.746. The fraction of sp³-hybridized carbons (Fsp3) is 0.625. The third-order valence-corrected chi connectivity index (χ3v) is 4.63. The van der Waals surface area contributed by atoms with Gasteiger partial charge in [0, 0.05) is 30.3 Å². The van der Waals surface area contributed by atoms with Crippen LogP contribution in [0.25, 0.3) is 0 Å². The van der Waals surface area contributed by atoms with Gasteiger partial charge in [-0.2, -0.15) is 0 Å². The van der Waals surface area contributed by atoms with Crippen LogP contribution in [0.1, 0.15) is 19.8 Å². The molecular formula is C16H25NOS. The molecule has 1 aromatic rings. The van der Waals surface area contributed by atoms with Crippen molar-refractivity contribution in [2.45, 2.75) is 24.7 Å². The van der Waals surface area contributed by atoms with Gasteiger partial charge in [-0.05, 0) is 37.4 Å². The van der Waals surface area contributed by atoms with Gasteiger partial charge < -0.3 is 9.64 Å². The zero-order chi connectivity index (χ0) is 13.3. The van der Waals surface area contributed by atoms with Crippen LogP contribution in [0.2, 0.25) is 0 Å². The third-order valence-electron chi connectivity index (χ3n) is 3.64. The molecule has 1 aromatic carbocycles. The Kier molecular flexibility index (Phi) is 6.75. The maximum absolute atomic E-state index is 5.57. The van der Waals surface area contributed by atoms with Crippen LogP contribution < -0.4 is 0 Å². The summed E-state index contributed by atoms with van der Waals surface area (Å²) in [5.41, 5.74) is 0. The van der Waals surface area contributed by atoms with Crippen molar-refractivity contribution in [1.82, 2.24) is 4.90 Å². The summed E-state index contributed by atoms with van der Waals surface area (Å²) in [7, 11) is 0. The van der Waals surface area contributed by atoms with Gasteiger partial charge >= 0.3 is 0 Å². The van der Waals surface area contributed by atoms with Gasteiger partial charge in [-0.3, -0.25) is 0 Å². The van der Waals surface area contributed by atoms with Crippen molar-refractivity contribution >= 4 is 11.8 Å². The molecule has 0 bridgehead atoms. The van der Waals surface area contributed by atoms with E-state index >= 15 is 0 Å². The van der Waals surface area contributed by atoms with Crippen molar-refractivity contribution in [1.29, 1.82) is 0 Å². The van der Waals surface area contributed by atoms with Gasteiger partial charge in [0.25, 0.3) is 0 Å². The highest BCUT2D eigenvalue weighted by Gasteiger charge is 2.16. The number of hydrogen-bond donors (Lipinski definition) is 0. The van der Waals surface area contributed by atoms with Crippen LogP contribution in [0.5, 0.6) is 0 Å². The molecule has 0 radical (unpaired) electrons. The van der Waals surface area contributed by atoms with E-state index in [1.807, 2.05) is 11.8 Å². The average molecular weight is 279 g/mol. The van der Waals surface area contributed by atoms with Crippen LogP contribution in [0.15, 0.2) is 35.2 Å². The van der Waals surface area contributed by atoms with Crippen LogP contribution in [-0.2, 0) is 4.74 Å². The molecular weight excluding hydrogens is 254 g/mol. The van der Waals surface area contributed by atoms with Gasteiger partial charge in [-0.1, -0.05) is 25.1 Å². The number of thioether (sulfide) groups is 1. The van der Waals surface area contributed by atoms with Crippen molar-refractivity contribution in [2.75, 3.05) is 38.6 Å². The van der Waals surface area contributed by atoms with Gasteiger partial charge in [-0.15, -0.1) is 11.8 Å². The van der Waals surface area contributed by atoms with E-state index in [4.69, 9.17) is 4.74 Å². The molecule has 0 amide bonds. The molecule has 2 nitrogen and oxygen atoms in total. The Morgan fingerprint density at radius 2 is 2.16 bits per heavy atom. The first-order chi connectivity index (χ1) is 9.38. The molecule has 0 N–H and O–H groups in total. The van der Waals surface area contributed by atoms with Crippen molar-refractivity contribution in [3.8, 4) is 0 Å². The van der Waals surface area contributed by atoms with E-state index in [2.05, 4.69) is 42.2 Å². The first kappa shape index (κ1) is 14.9. The summed E-state index contributed by atoms with van der Waals surface area (Å²) < 4.78 is 5.57. The summed E-state index contributed by atoms with van der Waals surface area (Å²) >= 11 is 1.95. The number of hydrogen-bond acceptors (Lipinski definition) is 3. The van der Waals surface area contributed by atoms with Crippen molar-refractivity contribution in [3.63, 3.8) is 0 Å². The highest BCUT2D eigenvalue weighted by atomic mass is 32.2. The SMILES string of the molecule is CCN(CCSc1ccccc1)CC1CCCOC1. The van der Waals surface area contributed by atoms with Gasteiger partial charge in [0.05, 0.1) is 6.61 Å². The van der Waals surface area contributed by atoms with Crippen LogP contribution in [-0.4, -0.2) is 43.5 Å². The smallest absolute Gasteiger partial charge is 0.0506 e. The van der Waals surface area contributed by atoms with Crippen molar-refractivity contribution < 1.29 is 4.74 Å². The second-order valence-electron chi connectivity index (χ2n) is 5.14. The van der Waals surface area contributed by atoms with E-state index in [1.165, 1.54) is 36.6 Å². The molecule has 19 heavy (non-hydrogen) atoms. The fourth-order valence-electron chi connectivity index (χ4n) is 2.50. The van der Waals surface area contributed by atoms with Crippen LogP contribution >= 0.6 is 11.8 Å². The lowest BCUT2D eigenvalue weighted by Crippen LogP contribution is -2.34. The van der Waals surface area contributed by atoms with Crippen LogP contribution in [0.3, 0.4) is 0 Å². The lowest BCUT2D eigenvalue weighted by atomic mass is 10.0. The lowest BCUT2D eigenvalue weighted by molar-refractivity contribution is 0.0401. The normalized spacial score (nSPS) is 19.8.